The Morgan fingerprint density at radius 2 is 1.73 bits per heavy atom. The minimum Gasteiger partial charge on any atom is -0.507 e. The van der Waals surface area contributed by atoms with Crippen LogP contribution < -0.4 is 9.64 Å². The molecule has 1 aromatic heterocycles. The Kier molecular flexibility index (Phi) is 6.96. The number of aromatic amines is 1. The van der Waals surface area contributed by atoms with Crippen molar-refractivity contribution in [3.63, 3.8) is 0 Å². The van der Waals surface area contributed by atoms with Gasteiger partial charge in [0.25, 0.3) is 5.78 Å². The van der Waals surface area contributed by atoms with Gasteiger partial charge >= 0.3 is 5.91 Å². The molecule has 5 rings (SSSR count). The zero-order chi connectivity index (χ0) is 28.8. The molecule has 0 aliphatic carbocycles. The molecule has 2 N–H and O–H groups in total. The van der Waals surface area contributed by atoms with Crippen LogP contribution in [0, 0.1) is 11.7 Å². The smallest absolute Gasteiger partial charge is 0.302 e. The van der Waals surface area contributed by atoms with Gasteiger partial charge in [-0.3, -0.25) is 14.5 Å². The number of ether oxygens (including phenoxy) is 1. The second kappa shape index (κ2) is 10.3. The first-order valence-corrected chi connectivity index (χ1v) is 13.2. The van der Waals surface area contributed by atoms with Gasteiger partial charge in [0, 0.05) is 5.56 Å². The number of hydrogen-bond acceptors (Lipinski definition) is 5. The zero-order valence-electron chi connectivity index (χ0n) is 23.2. The molecular formula is C32H32FN3O4. The number of nitrogens with zero attached hydrogens (tertiary/aromatic N) is 2. The van der Waals surface area contributed by atoms with Gasteiger partial charge in [0.15, 0.2) is 0 Å². The van der Waals surface area contributed by atoms with Crippen molar-refractivity contribution in [1.29, 1.82) is 0 Å². The SMILES string of the molecule is CC(C)COc1ccc(/C(O)=C2\C(=O)C(=O)N(c3nc4ccc(F)cc4[nH]3)C2c2ccc(C(C)(C)C)cc2)cc1. The summed E-state index contributed by atoms with van der Waals surface area (Å²) in [5.41, 5.74) is 2.73. The first kappa shape index (κ1) is 27.1. The molecule has 3 aromatic carbocycles. The molecule has 1 atom stereocenters. The Bertz CT molecular complexity index is 1610. The highest BCUT2D eigenvalue weighted by Crippen LogP contribution is 2.42. The number of halogens is 1. The molecule has 2 heterocycles. The number of nitrogens with one attached hydrogen (secondary N) is 1. The van der Waals surface area contributed by atoms with Gasteiger partial charge in [-0.25, -0.2) is 9.37 Å². The number of carbonyl (C=O) groups is 2. The topological polar surface area (TPSA) is 95.5 Å². The van der Waals surface area contributed by atoms with Crippen LogP contribution in [-0.2, 0) is 15.0 Å². The van der Waals surface area contributed by atoms with Crippen molar-refractivity contribution in [2.24, 2.45) is 5.92 Å². The summed E-state index contributed by atoms with van der Waals surface area (Å²) < 4.78 is 19.6. The van der Waals surface area contributed by atoms with E-state index in [1.54, 1.807) is 24.3 Å². The number of amides is 1. The number of fused-ring (bicyclic) bond motifs is 1. The second-order valence-corrected chi connectivity index (χ2v) is 11.5. The number of aromatic nitrogens is 2. The van der Waals surface area contributed by atoms with Crippen LogP contribution in [0.1, 0.15) is 57.4 Å². The molecule has 1 aliphatic heterocycles. The summed E-state index contributed by atoms with van der Waals surface area (Å²) >= 11 is 0. The van der Waals surface area contributed by atoms with Gasteiger partial charge in [-0.1, -0.05) is 58.9 Å². The molecule has 4 aromatic rings. The van der Waals surface area contributed by atoms with E-state index in [-0.39, 0.29) is 22.7 Å². The summed E-state index contributed by atoms with van der Waals surface area (Å²) in [5.74, 6) is -1.37. The lowest BCUT2D eigenvalue weighted by molar-refractivity contribution is -0.132. The first-order chi connectivity index (χ1) is 18.9. The van der Waals surface area contributed by atoms with Crippen LogP contribution in [-0.4, -0.2) is 33.4 Å². The van der Waals surface area contributed by atoms with Crippen molar-refractivity contribution < 1.29 is 23.8 Å². The number of hydrogen-bond donors (Lipinski definition) is 2. The first-order valence-electron chi connectivity index (χ1n) is 13.2. The van der Waals surface area contributed by atoms with Crippen LogP contribution in [0.25, 0.3) is 16.8 Å². The summed E-state index contributed by atoms with van der Waals surface area (Å²) in [6.45, 7) is 10.9. The van der Waals surface area contributed by atoms with Crippen LogP contribution >= 0.6 is 0 Å². The number of anilines is 1. The van der Waals surface area contributed by atoms with Gasteiger partial charge in [0.1, 0.15) is 17.3 Å². The Hall–Kier alpha value is -4.46. The van der Waals surface area contributed by atoms with Gasteiger partial charge in [0.05, 0.1) is 29.3 Å². The van der Waals surface area contributed by atoms with E-state index in [0.29, 0.717) is 40.4 Å². The van der Waals surface area contributed by atoms with E-state index in [2.05, 4.69) is 30.7 Å². The number of ketones is 1. The lowest BCUT2D eigenvalue weighted by Crippen LogP contribution is -2.30. The summed E-state index contributed by atoms with van der Waals surface area (Å²) in [5, 5.41) is 11.4. The van der Waals surface area contributed by atoms with E-state index in [1.807, 2.05) is 38.1 Å². The van der Waals surface area contributed by atoms with Crippen molar-refractivity contribution in [3.05, 3.63) is 94.8 Å². The molecule has 1 amide bonds. The van der Waals surface area contributed by atoms with Gasteiger partial charge < -0.3 is 14.8 Å². The van der Waals surface area contributed by atoms with Crippen molar-refractivity contribution in [3.8, 4) is 5.75 Å². The normalized spacial score (nSPS) is 17.3. The van der Waals surface area contributed by atoms with Crippen LogP contribution in [0.2, 0.25) is 0 Å². The summed E-state index contributed by atoms with van der Waals surface area (Å²) in [4.78, 5) is 35.7. The average molecular weight is 542 g/mol. The molecule has 1 aliphatic rings. The number of aliphatic hydroxyl groups is 1. The number of Topliss-reactive ketones (excluding diaryl/α,β-unsaturated/α-hetero) is 1. The molecule has 40 heavy (non-hydrogen) atoms. The van der Waals surface area contributed by atoms with Gasteiger partial charge in [-0.2, -0.15) is 0 Å². The van der Waals surface area contributed by atoms with Crippen molar-refractivity contribution in [2.45, 2.75) is 46.1 Å². The molecular weight excluding hydrogens is 509 g/mol. The van der Waals surface area contributed by atoms with Crippen molar-refractivity contribution >= 4 is 34.4 Å². The van der Waals surface area contributed by atoms with Gasteiger partial charge in [-0.05, 0) is 64.9 Å². The highest BCUT2D eigenvalue weighted by Gasteiger charge is 2.48. The Morgan fingerprint density at radius 3 is 2.35 bits per heavy atom. The lowest BCUT2D eigenvalue weighted by atomic mass is 9.85. The predicted molar refractivity (Wildman–Crippen MR) is 153 cm³/mol. The fraction of sp³-hybridized carbons (Fsp3) is 0.281. The van der Waals surface area contributed by atoms with E-state index in [1.165, 1.54) is 23.1 Å². The number of rotatable bonds is 6. The van der Waals surface area contributed by atoms with Crippen molar-refractivity contribution in [2.75, 3.05) is 11.5 Å². The van der Waals surface area contributed by atoms with E-state index in [4.69, 9.17) is 4.74 Å². The molecule has 1 unspecified atom stereocenters. The highest BCUT2D eigenvalue weighted by molar-refractivity contribution is 6.51. The molecule has 206 valence electrons. The molecule has 0 radical (unpaired) electrons. The van der Waals surface area contributed by atoms with E-state index < -0.39 is 23.5 Å². The largest absolute Gasteiger partial charge is 0.507 e. The van der Waals surface area contributed by atoms with Crippen LogP contribution in [0.15, 0.2) is 72.3 Å². The average Bonchev–Trinajstić information content (AvgIpc) is 3.44. The minimum absolute atomic E-state index is 0.0593. The maximum Gasteiger partial charge on any atom is 0.302 e. The Morgan fingerprint density at radius 1 is 1.05 bits per heavy atom. The van der Waals surface area contributed by atoms with E-state index in [9.17, 15) is 19.1 Å². The standard InChI is InChI=1S/C32H32FN3O4/c1-18(2)17-40-23-13-8-20(9-14-23)28(37)26-27(19-6-10-21(11-7-19)32(3,4)5)36(30(39)29(26)38)31-34-24-15-12-22(33)16-25(24)35-31/h6-16,18,27,37H,17H2,1-5H3,(H,34,35)/b28-26+. The van der Waals surface area contributed by atoms with Gasteiger partial charge in [-0.15, -0.1) is 0 Å². The molecule has 0 bridgehead atoms. The third-order valence-corrected chi connectivity index (χ3v) is 6.91. The second-order valence-electron chi connectivity index (χ2n) is 11.5. The molecule has 7 nitrogen and oxygen atoms in total. The summed E-state index contributed by atoms with van der Waals surface area (Å²) in [7, 11) is 0. The predicted octanol–water partition coefficient (Wildman–Crippen LogP) is 6.66. The van der Waals surface area contributed by atoms with Crippen molar-refractivity contribution in [1.82, 2.24) is 9.97 Å². The van der Waals surface area contributed by atoms with E-state index >= 15 is 0 Å². The third kappa shape index (κ3) is 5.09. The number of imidazole rings is 1. The molecule has 8 heteroatoms. The fourth-order valence-electron chi connectivity index (χ4n) is 4.74. The molecule has 0 saturated carbocycles. The highest BCUT2D eigenvalue weighted by atomic mass is 19.1. The quantitative estimate of drug-likeness (QED) is 0.162. The monoisotopic (exact) mass is 541 g/mol. The van der Waals surface area contributed by atoms with Crippen LogP contribution in [0.3, 0.4) is 0 Å². The van der Waals surface area contributed by atoms with Crippen LogP contribution in [0.5, 0.6) is 5.75 Å². The maximum atomic E-state index is 13.9. The fourth-order valence-corrected chi connectivity index (χ4v) is 4.74. The number of H-pyrrole nitrogens is 1. The third-order valence-electron chi connectivity index (χ3n) is 6.91. The van der Waals surface area contributed by atoms with Gasteiger partial charge in [0.2, 0.25) is 5.95 Å². The Balaban J connectivity index is 1.63. The Labute approximate surface area is 232 Å². The number of benzene rings is 3. The summed E-state index contributed by atoms with van der Waals surface area (Å²) in [6.07, 6.45) is 0. The number of aliphatic hydroxyl groups excluding tert-OH is 1. The maximum absolute atomic E-state index is 13.9. The molecule has 1 fully saturated rings. The minimum atomic E-state index is -0.962. The lowest BCUT2D eigenvalue weighted by Gasteiger charge is -2.25. The van der Waals surface area contributed by atoms with E-state index in [0.717, 1.165) is 5.56 Å². The summed E-state index contributed by atoms with van der Waals surface area (Å²) in [6, 6.07) is 17.4. The molecule has 0 spiro atoms. The molecule has 1 saturated heterocycles. The zero-order valence-corrected chi connectivity index (χ0v) is 23.2. The number of carbonyl (C=O) groups excluding carboxylic acids is 2. The van der Waals surface area contributed by atoms with Crippen LogP contribution in [0.4, 0.5) is 10.3 Å².